The van der Waals surface area contributed by atoms with Gasteiger partial charge in [0.15, 0.2) is 0 Å². The quantitative estimate of drug-likeness (QED) is 0.552. The van der Waals surface area contributed by atoms with Crippen LogP contribution in [0.3, 0.4) is 0 Å². The molecule has 0 atom stereocenters. The maximum atomic E-state index is 5.35. The average Bonchev–Trinajstić information content (AvgIpc) is 2.23. The molecular formula is C6H13N3. The van der Waals surface area contributed by atoms with Crippen molar-refractivity contribution in [2.24, 2.45) is 0 Å². The molecule has 0 spiro atoms. The Balaban J connectivity index is 0.000000291. The van der Waals surface area contributed by atoms with Crippen LogP contribution in [0.25, 0.3) is 0 Å². The van der Waals surface area contributed by atoms with Gasteiger partial charge in [-0.25, -0.2) is 0 Å². The fourth-order valence-electron chi connectivity index (χ4n) is 0.360. The van der Waals surface area contributed by atoms with Gasteiger partial charge in [0.2, 0.25) is 0 Å². The number of aromatic amines is 1. The number of aromatic nitrogens is 2. The molecule has 1 rings (SSSR count). The van der Waals surface area contributed by atoms with Crippen molar-refractivity contribution in [3.05, 3.63) is 11.9 Å². The van der Waals surface area contributed by atoms with Crippen molar-refractivity contribution >= 4 is 5.69 Å². The van der Waals surface area contributed by atoms with E-state index in [0.717, 1.165) is 11.4 Å². The maximum absolute atomic E-state index is 5.35. The van der Waals surface area contributed by atoms with Crippen LogP contribution in [0.2, 0.25) is 0 Å². The summed E-state index contributed by atoms with van der Waals surface area (Å²) in [5.74, 6) is 0. The second-order valence-corrected chi connectivity index (χ2v) is 1.45. The molecule has 0 saturated carbocycles. The fourth-order valence-corrected chi connectivity index (χ4v) is 0.360. The molecule has 3 nitrogen and oxygen atoms in total. The van der Waals surface area contributed by atoms with Crippen molar-refractivity contribution in [2.45, 2.75) is 20.8 Å². The Morgan fingerprint density at radius 2 is 2.11 bits per heavy atom. The number of nitrogens with zero attached hydrogens (tertiary/aromatic N) is 1. The van der Waals surface area contributed by atoms with Crippen molar-refractivity contribution < 1.29 is 0 Å². The van der Waals surface area contributed by atoms with Crippen LogP contribution in [0.1, 0.15) is 19.5 Å². The Morgan fingerprint density at radius 3 is 2.22 bits per heavy atom. The zero-order valence-corrected chi connectivity index (χ0v) is 6.10. The normalized spacial score (nSPS) is 7.89. The smallest absolute Gasteiger partial charge is 0.0727 e. The first-order chi connectivity index (χ1) is 4.30. The summed E-state index contributed by atoms with van der Waals surface area (Å²) in [7, 11) is 0. The van der Waals surface area contributed by atoms with Gasteiger partial charge in [-0.05, 0) is 6.92 Å². The number of hydrogen-bond donors (Lipinski definition) is 2. The SMILES string of the molecule is CC.Cc1[nH]ncc1N. The van der Waals surface area contributed by atoms with E-state index >= 15 is 0 Å². The van der Waals surface area contributed by atoms with Gasteiger partial charge >= 0.3 is 0 Å². The third-order valence-corrected chi connectivity index (χ3v) is 0.869. The molecule has 0 saturated heterocycles. The molecular weight excluding hydrogens is 114 g/mol. The van der Waals surface area contributed by atoms with E-state index in [9.17, 15) is 0 Å². The van der Waals surface area contributed by atoms with Crippen LogP contribution in [-0.2, 0) is 0 Å². The topological polar surface area (TPSA) is 54.7 Å². The van der Waals surface area contributed by atoms with Gasteiger partial charge in [-0.2, -0.15) is 5.10 Å². The van der Waals surface area contributed by atoms with Crippen LogP contribution in [-0.4, -0.2) is 10.2 Å². The zero-order chi connectivity index (χ0) is 7.28. The molecule has 1 heterocycles. The molecule has 0 amide bonds. The summed E-state index contributed by atoms with van der Waals surface area (Å²) in [5.41, 5.74) is 7.00. The summed E-state index contributed by atoms with van der Waals surface area (Å²) < 4.78 is 0. The number of hydrogen-bond acceptors (Lipinski definition) is 2. The van der Waals surface area contributed by atoms with E-state index < -0.39 is 0 Å². The lowest BCUT2D eigenvalue weighted by Crippen LogP contribution is -1.82. The summed E-state index contributed by atoms with van der Waals surface area (Å²) in [6.07, 6.45) is 1.59. The third-order valence-electron chi connectivity index (χ3n) is 0.869. The molecule has 52 valence electrons. The fraction of sp³-hybridized carbons (Fsp3) is 0.500. The third kappa shape index (κ3) is 2.17. The molecule has 0 aliphatic carbocycles. The molecule has 0 aromatic carbocycles. The number of aryl methyl sites for hydroxylation is 1. The molecule has 0 radical (unpaired) electrons. The molecule has 0 unspecified atom stereocenters. The highest BCUT2D eigenvalue weighted by molar-refractivity contribution is 5.38. The van der Waals surface area contributed by atoms with Gasteiger partial charge in [0, 0.05) is 0 Å². The molecule has 9 heavy (non-hydrogen) atoms. The van der Waals surface area contributed by atoms with E-state index in [1.54, 1.807) is 6.20 Å². The van der Waals surface area contributed by atoms with Gasteiger partial charge in [-0.3, -0.25) is 5.10 Å². The van der Waals surface area contributed by atoms with Gasteiger partial charge < -0.3 is 5.73 Å². The maximum Gasteiger partial charge on any atom is 0.0727 e. The Morgan fingerprint density at radius 1 is 1.56 bits per heavy atom. The molecule has 0 bridgehead atoms. The van der Waals surface area contributed by atoms with Gasteiger partial charge in [-0.1, -0.05) is 13.8 Å². The summed E-state index contributed by atoms with van der Waals surface area (Å²) in [6, 6.07) is 0. The highest BCUT2D eigenvalue weighted by Crippen LogP contribution is 2.00. The predicted molar refractivity (Wildman–Crippen MR) is 39.1 cm³/mol. The second kappa shape index (κ2) is 3.95. The van der Waals surface area contributed by atoms with Gasteiger partial charge in [0.1, 0.15) is 0 Å². The number of nitrogens with one attached hydrogen (secondary N) is 1. The van der Waals surface area contributed by atoms with Gasteiger partial charge in [0.05, 0.1) is 17.6 Å². The molecule has 3 N–H and O–H groups in total. The summed E-state index contributed by atoms with van der Waals surface area (Å²) in [6.45, 7) is 5.88. The lowest BCUT2D eigenvalue weighted by Gasteiger charge is -1.79. The molecule has 1 aromatic heterocycles. The Kier molecular flexibility index (Phi) is 3.51. The Labute approximate surface area is 55.3 Å². The standard InChI is InChI=1S/C4H7N3.C2H6/c1-3-4(5)2-6-7-3;1-2/h2H,5H2,1H3,(H,6,7);1-2H3. The highest BCUT2D eigenvalue weighted by atomic mass is 15.1. The Bertz CT molecular complexity index is 141. The molecule has 0 fully saturated rings. The minimum Gasteiger partial charge on any atom is -0.396 e. The average molecular weight is 127 g/mol. The van der Waals surface area contributed by atoms with Crippen LogP contribution in [0, 0.1) is 6.92 Å². The van der Waals surface area contributed by atoms with E-state index in [4.69, 9.17) is 5.73 Å². The van der Waals surface area contributed by atoms with Crippen LogP contribution in [0.5, 0.6) is 0 Å². The van der Waals surface area contributed by atoms with Crippen molar-refractivity contribution in [1.82, 2.24) is 10.2 Å². The van der Waals surface area contributed by atoms with E-state index in [2.05, 4.69) is 10.2 Å². The minimum atomic E-state index is 0.722. The number of rotatable bonds is 0. The van der Waals surface area contributed by atoms with E-state index in [-0.39, 0.29) is 0 Å². The first-order valence-electron chi connectivity index (χ1n) is 3.06. The van der Waals surface area contributed by atoms with E-state index in [1.807, 2.05) is 20.8 Å². The lowest BCUT2D eigenvalue weighted by atomic mass is 10.4. The van der Waals surface area contributed by atoms with Crippen molar-refractivity contribution in [2.75, 3.05) is 5.73 Å². The first kappa shape index (κ1) is 8.01. The Hall–Kier alpha value is -0.990. The number of nitrogen functional groups attached to an aromatic ring is 1. The van der Waals surface area contributed by atoms with Crippen LogP contribution >= 0.6 is 0 Å². The highest BCUT2D eigenvalue weighted by Gasteiger charge is 1.88. The largest absolute Gasteiger partial charge is 0.396 e. The second-order valence-electron chi connectivity index (χ2n) is 1.45. The summed E-state index contributed by atoms with van der Waals surface area (Å²) >= 11 is 0. The number of H-pyrrole nitrogens is 1. The predicted octanol–water partition coefficient (Wildman–Crippen LogP) is 1.33. The number of anilines is 1. The number of nitrogens with two attached hydrogens (primary N) is 1. The van der Waals surface area contributed by atoms with Gasteiger partial charge in [-0.15, -0.1) is 0 Å². The van der Waals surface area contributed by atoms with Crippen molar-refractivity contribution in [1.29, 1.82) is 0 Å². The first-order valence-corrected chi connectivity index (χ1v) is 3.06. The molecule has 3 heteroatoms. The monoisotopic (exact) mass is 127 g/mol. The summed E-state index contributed by atoms with van der Waals surface area (Å²) in [5, 5.41) is 6.36. The molecule has 0 aliphatic heterocycles. The van der Waals surface area contributed by atoms with E-state index in [0.29, 0.717) is 0 Å². The van der Waals surface area contributed by atoms with E-state index in [1.165, 1.54) is 0 Å². The summed E-state index contributed by atoms with van der Waals surface area (Å²) in [4.78, 5) is 0. The molecule has 0 aliphatic rings. The van der Waals surface area contributed by atoms with Crippen LogP contribution in [0.15, 0.2) is 6.20 Å². The lowest BCUT2D eigenvalue weighted by molar-refractivity contribution is 1.05. The van der Waals surface area contributed by atoms with Crippen LogP contribution in [0.4, 0.5) is 5.69 Å². The zero-order valence-electron chi connectivity index (χ0n) is 6.10. The van der Waals surface area contributed by atoms with Gasteiger partial charge in [0.25, 0.3) is 0 Å². The minimum absolute atomic E-state index is 0.722. The molecule has 1 aromatic rings. The van der Waals surface area contributed by atoms with Crippen LogP contribution < -0.4 is 5.73 Å². The van der Waals surface area contributed by atoms with Crippen molar-refractivity contribution in [3.63, 3.8) is 0 Å². The van der Waals surface area contributed by atoms with Crippen molar-refractivity contribution in [3.8, 4) is 0 Å².